The minimum absolute atomic E-state index is 0.253. The summed E-state index contributed by atoms with van der Waals surface area (Å²) >= 11 is 0. The van der Waals surface area contributed by atoms with E-state index in [2.05, 4.69) is 45.0 Å². The number of hydrogen-bond acceptors (Lipinski definition) is 2. The lowest BCUT2D eigenvalue weighted by atomic mass is 9.96. The van der Waals surface area contributed by atoms with Gasteiger partial charge in [0.2, 0.25) is 0 Å². The largest absolute Gasteiger partial charge is 0.315 e. The molecular weight excluding hydrogens is 148 g/mol. The first-order valence-corrected chi connectivity index (χ1v) is 4.82. The van der Waals surface area contributed by atoms with E-state index in [-0.39, 0.29) is 5.54 Å². The molecule has 0 amide bonds. The Morgan fingerprint density at radius 3 is 2.25 bits per heavy atom. The van der Waals surface area contributed by atoms with Crippen LogP contribution in [-0.2, 0) is 0 Å². The maximum atomic E-state index is 3.32. The predicted molar refractivity (Wildman–Crippen MR) is 55.5 cm³/mol. The van der Waals surface area contributed by atoms with Crippen LogP contribution in [0.2, 0.25) is 0 Å². The molecule has 0 radical (unpaired) electrons. The molecule has 0 aliphatic rings. The zero-order chi connectivity index (χ0) is 9.78. The SMILES string of the molecule is CCN(C)C(C)CC(C)(C)NC. The van der Waals surface area contributed by atoms with Crippen molar-refractivity contribution in [1.29, 1.82) is 0 Å². The Morgan fingerprint density at radius 2 is 1.92 bits per heavy atom. The fraction of sp³-hybridized carbons (Fsp3) is 1.00. The fourth-order valence-corrected chi connectivity index (χ4v) is 1.31. The van der Waals surface area contributed by atoms with Gasteiger partial charge in [0.15, 0.2) is 0 Å². The summed E-state index contributed by atoms with van der Waals surface area (Å²) in [4.78, 5) is 2.37. The Labute approximate surface area is 77.3 Å². The summed E-state index contributed by atoms with van der Waals surface area (Å²) in [5.74, 6) is 0. The molecule has 0 heterocycles. The molecule has 0 saturated carbocycles. The Bertz CT molecular complexity index is 121. The normalized spacial score (nSPS) is 15.2. The lowest BCUT2D eigenvalue weighted by molar-refractivity contribution is 0.212. The molecule has 0 aliphatic carbocycles. The highest BCUT2D eigenvalue weighted by Gasteiger charge is 2.20. The lowest BCUT2D eigenvalue weighted by Crippen LogP contribution is -2.43. The van der Waals surface area contributed by atoms with Crippen LogP contribution in [0.5, 0.6) is 0 Å². The number of nitrogens with one attached hydrogen (secondary N) is 1. The van der Waals surface area contributed by atoms with Crippen LogP contribution in [0.25, 0.3) is 0 Å². The van der Waals surface area contributed by atoms with E-state index in [4.69, 9.17) is 0 Å². The predicted octanol–water partition coefficient (Wildman–Crippen LogP) is 1.71. The monoisotopic (exact) mass is 172 g/mol. The molecule has 0 spiro atoms. The van der Waals surface area contributed by atoms with Crippen molar-refractivity contribution in [1.82, 2.24) is 10.2 Å². The van der Waals surface area contributed by atoms with Crippen molar-refractivity contribution in [2.75, 3.05) is 20.6 Å². The van der Waals surface area contributed by atoms with Crippen molar-refractivity contribution in [3.8, 4) is 0 Å². The second kappa shape index (κ2) is 4.83. The summed E-state index contributed by atoms with van der Waals surface area (Å²) in [7, 11) is 4.20. The molecule has 0 bridgehead atoms. The maximum Gasteiger partial charge on any atom is 0.0136 e. The van der Waals surface area contributed by atoms with E-state index >= 15 is 0 Å². The van der Waals surface area contributed by atoms with Crippen LogP contribution in [0.15, 0.2) is 0 Å². The van der Waals surface area contributed by atoms with Gasteiger partial charge in [-0.2, -0.15) is 0 Å². The van der Waals surface area contributed by atoms with Gasteiger partial charge in [-0.25, -0.2) is 0 Å². The third-order valence-electron chi connectivity index (χ3n) is 2.73. The van der Waals surface area contributed by atoms with Gasteiger partial charge in [0.1, 0.15) is 0 Å². The van der Waals surface area contributed by atoms with Crippen molar-refractivity contribution < 1.29 is 0 Å². The molecule has 0 aromatic rings. The van der Waals surface area contributed by atoms with Crippen LogP contribution in [0.4, 0.5) is 0 Å². The van der Waals surface area contributed by atoms with Crippen molar-refractivity contribution >= 4 is 0 Å². The highest BCUT2D eigenvalue weighted by molar-refractivity contribution is 4.80. The first-order chi connectivity index (χ1) is 5.43. The minimum atomic E-state index is 0.253. The second-order valence-electron chi connectivity index (χ2n) is 4.26. The van der Waals surface area contributed by atoms with Crippen LogP contribution in [0, 0.1) is 0 Å². The third-order valence-corrected chi connectivity index (χ3v) is 2.73. The molecule has 0 aromatic heterocycles. The summed E-state index contributed by atoms with van der Waals surface area (Å²) in [6.07, 6.45) is 1.19. The first kappa shape index (κ1) is 11.9. The minimum Gasteiger partial charge on any atom is -0.315 e. The zero-order valence-electron chi connectivity index (χ0n) is 9.44. The van der Waals surface area contributed by atoms with Crippen LogP contribution in [0.3, 0.4) is 0 Å². The van der Waals surface area contributed by atoms with Crippen molar-refractivity contribution in [2.24, 2.45) is 0 Å². The second-order valence-corrected chi connectivity index (χ2v) is 4.26. The van der Waals surface area contributed by atoms with Crippen molar-refractivity contribution in [3.63, 3.8) is 0 Å². The van der Waals surface area contributed by atoms with E-state index in [1.807, 2.05) is 7.05 Å². The van der Waals surface area contributed by atoms with Crippen LogP contribution in [0.1, 0.15) is 34.1 Å². The molecule has 1 N–H and O–H groups in total. The molecule has 0 aliphatic heterocycles. The molecule has 74 valence electrons. The van der Waals surface area contributed by atoms with E-state index < -0.39 is 0 Å². The van der Waals surface area contributed by atoms with Gasteiger partial charge in [0.05, 0.1) is 0 Å². The number of nitrogens with zero attached hydrogens (tertiary/aromatic N) is 1. The molecule has 2 heteroatoms. The maximum absolute atomic E-state index is 3.32. The molecule has 1 unspecified atom stereocenters. The van der Waals surface area contributed by atoms with Gasteiger partial charge in [0.25, 0.3) is 0 Å². The number of rotatable bonds is 5. The van der Waals surface area contributed by atoms with Gasteiger partial charge in [-0.15, -0.1) is 0 Å². The van der Waals surface area contributed by atoms with E-state index in [0.29, 0.717) is 6.04 Å². The van der Waals surface area contributed by atoms with Gasteiger partial charge in [-0.05, 0) is 47.8 Å². The highest BCUT2D eigenvalue weighted by atomic mass is 15.1. The zero-order valence-corrected chi connectivity index (χ0v) is 9.44. The van der Waals surface area contributed by atoms with Crippen molar-refractivity contribution in [2.45, 2.75) is 45.7 Å². The summed E-state index contributed by atoms with van der Waals surface area (Å²) in [5.41, 5.74) is 0.253. The summed E-state index contributed by atoms with van der Waals surface area (Å²) in [6.45, 7) is 10.1. The Morgan fingerprint density at radius 1 is 1.42 bits per heavy atom. The molecule has 1 atom stereocenters. The topological polar surface area (TPSA) is 15.3 Å². The van der Waals surface area contributed by atoms with Gasteiger partial charge >= 0.3 is 0 Å². The molecule has 0 rings (SSSR count). The quantitative estimate of drug-likeness (QED) is 0.679. The first-order valence-electron chi connectivity index (χ1n) is 4.82. The van der Waals surface area contributed by atoms with Gasteiger partial charge in [-0.3, -0.25) is 0 Å². The standard InChI is InChI=1S/C10H24N2/c1-7-12(6)9(2)8-10(3,4)11-5/h9,11H,7-8H2,1-6H3. The van der Waals surface area contributed by atoms with Crippen molar-refractivity contribution in [3.05, 3.63) is 0 Å². The number of hydrogen-bond donors (Lipinski definition) is 1. The molecular formula is C10H24N2. The summed E-state index contributed by atoms with van der Waals surface area (Å²) in [6, 6.07) is 0.650. The summed E-state index contributed by atoms with van der Waals surface area (Å²) < 4.78 is 0. The third kappa shape index (κ3) is 4.07. The molecule has 12 heavy (non-hydrogen) atoms. The van der Waals surface area contributed by atoms with Crippen LogP contribution < -0.4 is 5.32 Å². The fourth-order valence-electron chi connectivity index (χ4n) is 1.31. The highest BCUT2D eigenvalue weighted by Crippen LogP contribution is 2.13. The average Bonchev–Trinajstić information content (AvgIpc) is 2.02. The molecule has 0 aromatic carbocycles. The van der Waals surface area contributed by atoms with Gasteiger partial charge in [-0.1, -0.05) is 6.92 Å². The molecule has 0 fully saturated rings. The van der Waals surface area contributed by atoms with E-state index in [1.54, 1.807) is 0 Å². The average molecular weight is 172 g/mol. The van der Waals surface area contributed by atoms with Gasteiger partial charge in [0, 0.05) is 11.6 Å². The van der Waals surface area contributed by atoms with Gasteiger partial charge < -0.3 is 10.2 Å². The lowest BCUT2D eigenvalue weighted by Gasteiger charge is -2.32. The van der Waals surface area contributed by atoms with E-state index in [0.717, 1.165) is 6.54 Å². The molecule has 2 nitrogen and oxygen atoms in total. The van der Waals surface area contributed by atoms with Crippen LogP contribution >= 0.6 is 0 Å². The molecule has 0 saturated heterocycles. The Hall–Kier alpha value is -0.0800. The summed E-state index contributed by atoms with van der Waals surface area (Å²) in [5, 5.41) is 3.32. The Kier molecular flexibility index (Phi) is 4.80. The smallest absolute Gasteiger partial charge is 0.0136 e. The van der Waals surface area contributed by atoms with Crippen LogP contribution in [-0.4, -0.2) is 37.1 Å². The van der Waals surface area contributed by atoms with E-state index in [9.17, 15) is 0 Å². The van der Waals surface area contributed by atoms with E-state index in [1.165, 1.54) is 6.42 Å². The Balaban J connectivity index is 3.90.